The molecule has 5 heteroatoms. The molecule has 0 spiro atoms. The van der Waals surface area contributed by atoms with Crippen LogP contribution in [0.2, 0.25) is 5.02 Å². The first-order chi connectivity index (χ1) is 6.56. The maximum atomic E-state index is 10.4. The van der Waals surface area contributed by atoms with Crippen LogP contribution in [0.1, 0.15) is 24.7 Å². The lowest BCUT2D eigenvalue weighted by Crippen LogP contribution is -2.05. The van der Waals surface area contributed by atoms with E-state index in [9.17, 15) is 4.79 Å². The van der Waals surface area contributed by atoms with Crippen LogP contribution in [0.4, 0.5) is 0 Å². The fourth-order valence-electron chi connectivity index (χ4n) is 1.33. The van der Waals surface area contributed by atoms with E-state index in [4.69, 9.17) is 16.7 Å². The molecule has 0 aliphatic carbocycles. The summed E-state index contributed by atoms with van der Waals surface area (Å²) in [7, 11) is 0. The van der Waals surface area contributed by atoms with E-state index in [1.165, 1.54) is 0 Å². The molecular weight excluding hydrogens is 204 g/mol. The summed E-state index contributed by atoms with van der Waals surface area (Å²) >= 11 is 6.00. The predicted molar refractivity (Wildman–Crippen MR) is 53.6 cm³/mol. The van der Waals surface area contributed by atoms with Gasteiger partial charge in [-0.2, -0.15) is 5.10 Å². The summed E-state index contributed by atoms with van der Waals surface area (Å²) in [5.74, 6) is -0.817. The number of carboxylic acid groups (broad SMARTS) is 1. The van der Waals surface area contributed by atoms with Crippen molar-refractivity contribution in [3.8, 4) is 0 Å². The molecule has 0 aliphatic heterocycles. The molecule has 1 heterocycles. The number of aliphatic carboxylic acids is 1. The summed E-state index contributed by atoms with van der Waals surface area (Å²) in [5.41, 5.74) is 1.57. The molecule has 0 atom stereocenters. The van der Waals surface area contributed by atoms with Gasteiger partial charge in [0.05, 0.1) is 22.8 Å². The highest BCUT2D eigenvalue weighted by Crippen LogP contribution is 2.21. The third-order valence-corrected chi connectivity index (χ3v) is 2.52. The van der Waals surface area contributed by atoms with Crippen LogP contribution in [-0.2, 0) is 17.8 Å². The highest BCUT2D eigenvalue weighted by atomic mass is 35.5. The number of hydrogen-bond donors (Lipinski definition) is 1. The molecule has 14 heavy (non-hydrogen) atoms. The minimum atomic E-state index is -0.817. The van der Waals surface area contributed by atoms with Gasteiger partial charge in [-0.25, -0.2) is 0 Å². The van der Waals surface area contributed by atoms with Crippen molar-refractivity contribution in [1.82, 2.24) is 9.78 Å². The normalized spacial score (nSPS) is 10.5. The minimum Gasteiger partial charge on any atom is -0.481 e. The number of nitrogens with zero attached hydrogens (tertiary/aromatic N) is 2. The van der Waals surface area contributed by atoms with Crippen molar-refractivity contribution in [2.24, 2.45) is 0 Å². The molecule has 78 valence electrons. The molecule has 0 amide bonds. The van der Waals surface area contributed by atoms with Crippen molar-refractivity contribution in [1.29, 1.82) is 0 Å². The largest absolute Gasteiger partial charge is 0.481 e. The van der Waals surface area contributed by atoms with E-state index >= 15 is 0 Å². The SMILES string of the molecule is CCn1nc(C)c(Cl)c1CCC(=O)O. The Balaban J connectivity index is 2.88. The van der Waals surface area contributed by atoms with Gasteiger partial charge in [0.2, 0.25) is 0 Å². The quantitative estimate of drug-likeness (QED) is 0.836. The zero-order chi connectivity index (χ0) is 10.7. The smallest absolute Gasteiger partial charge is 0.303 e. The van der Waals surface area contributed by atoms with E-state index in [0.29, 0.717) is 18.0 Å². The van der Waals surface area contributed by atoms with Gasteiger partial charge < -0.3 is 5.11 Å². The molecule has 1 rings (SSSR count). The third-order valence-electron chi connectivity index (χ3n) is 2.03. The maximum Gasteiger partial charge on any atom is 0.303 e. The maximum absolute atomic E-state index is 10.4. The number of rotatable bonds is 4. The van der Waals surface area contributed by atoms with Gasteiger partial charge in [-0.3, -0.25) is 9.48 Å². The molecule has 1 aromatic rings. The Bertz CT molecular complexity index is 347. The molecule has 0 saturated carbocycles. The van der Waals surface area contributed by atoms with Crippen LogP contribution in [-0.4, -0.2) is 20.9 Å². The number of hydrogen-bond acceptors (Lipinski definition) is 2. The van der Waals surface area contributed by atoms with E-state index in [1.54, 1.807) is 4.68 Å². The number of carbonyl (C=O) groups is 1. The summed E-state index contributed by atoms with van der Waals surface area (Å²) in [6.45, 7) is 4.48. The molecule has 0 radical (unpaired) electrons. The second kappa shape index (κ2) is 4.46. The lowest BCUT2D eigenvalue weighted by molar-refractivity contribution is -0.136. The van der Waals surface area contributed by atoms with E-state index in [0.717, 1.165) is 11.4 Å². The first kappa shape index (κ1) is 11.0. The van der Waals surface area contributed by atoms with Crippen LogP contribution in [0, 0.1) is 6.92 Å². The van der Waals surface area contributed by atoms with Crippen LogP contribution in [0.15, 0.2) is 0 Å². The summed E-state index contributed by atoms with van der Waals surface area (Å²) in [6.07, 6.45) is 0.522. The van der Waals surface area contributed by atoms with Gasteiger partial charge in [-0.05, 0) is 13.8 Å². The van der Waals surface area contributed by atoms with Gasteiger partial charge in [0.25, 0.3) is 0 Å². The van der Waals surface area contributed by atoms with Crippen molar-refractivity contribution >= 4 is 17.6 Å². The predicted octanol–water partition coefficient (Wildman–Crippen LogP) is 1.88. The lowest BCUT2D eigenvalue weighted by Gasteiger charge is -2.02. The van der Waals surface area contributed by atoms with Crippen LogP contribution >= 0.6 is 11.6 Å². The Morgan fingerprint density at radius 1 is 1.64 bits per heavy atom. The summed E-state index contributed by atoms with van der Waals surface area (Å²) in [5, 5.41) is 13.4. The van der Waals surface area contributed by atoms with E-state index in [2.05, 4.69) is 5.10 Å². The molecule has 0 bridgehead atoms. The van der Waals surface area contributed by atoms with Gasteiger partial charge >= 0.3 is 5.97 Å². The van der Waals surface area contributed by atoms with Crippen molar-refractivity contribution in [2.75, 3.05) is 0 Å². The monoisotopic (exact) mass is 216 g/mol. The van der Waals surface area contributed by atoms with Crippen molar-refractivity contribution < 1.29 is 9.90 Å². The average Bonchev–Trinajstić information content (AvgIpc) is 2.40. The fraction of sp³-hybridized carbons (Fsp3) is 0.556. The highest BCUT2D eigenvalue weighted by Gasteiger charge is 2.13. The topological polar surface area (TPSA) is 55.1 Å². The Labute approximate surface area is 87.5 Å². The summed E-state index contributed by atoms with van der Waals surface area (Å²) in [4.78, 5) is 10.4. The van der Waals surface area contributed by atoms with Gasteiger partial charge in [-0.1, -0.05) is 11.6 Å². The first-order valence-electron chi connectivity index (χ1n) is 4.49. The number of halogens is 1. The second-order valence-corrected chi connectivity index (χ2v) is 3.43. The zero-order valence-electron chi connectivity index (χ0n) is 8.25. The number of aromatic nitrogens is 2. The highest BCUT2D eigenvalue weighted by molar-refractivity contribution is 6.31. The molecule has 1 N–H and O–H groups in total. The van der Waals surface area contributed by atoms with Crippen molar-refractivity contribution in [2.45, 2.75) is 33.2 Å². The van der Waals surface area contributed by atoms with Crippen LogP contribution in [0.5, 0.6) is 0 Å². The Kier molecular flexibility index (Phi) is 3.52. The Morgan fingerprint density at radius 2 is 2.29 bits per heavy atom. The first-order valence-corrected chi connectivity index (χ1v) is 4.87. The fourth-order valence-corrected chi connectivity index (χ4v) is 1.56. The molecule has 0 aliphatic rings. The molecule has 0 saturated heterocycles. The standard InChI is InChI=1S/C9H13ClN2O2/c1-3-12-7(4-5-8(13)14)9(10)6(2)11-12/h3-5H2,1-2H3,(H,13,14). The Hall–Kier alpha value is -1.03. The molecule has 0 fully saturated rings. The molecule has 0 aromatic carbocycles. The molecule has 1 aromatic heterocycles. The molecular formula is C9H13ClN2O2. The van der Waals surface area contributed by atoms with Crippen LogP contribution < -0.4 is 0 Å². The van der Waals surface area contributed by atoms with E-state index in [-0.39, 0.29) is 6.42 Å². The van der Waals surface area contributed by atoms with Gasteiger partial charge in [0, 0.05) is 13.0 Å². The van der Waals surface area contributed by atoms with E-state index < -0.39 is 5.97 Å². The lowest BCUT2D eigenvalue weighted by atomic mass is 10.2. The third kappa shape index (κ3) is 2.26. The summed E-state index contributed by atoms with van der Waals surface area (Å²) in [6, 6.07) is 0. The molecule has 0 unspecified atom stereocenters. The Morgan fingerprint density at radius 3 is 2.79 bits per heavy atom. The van der Waals surface area contributed by atoms with Crippen LogP contribution in [0.25, 0.3) is 0 Å². The van der Waals surface area contributed by atoms with E-state index in [1.807, 2.05) is 13.8 Å². The molecule has 4 nitrogen and oxygen atoms in total. The number of aryl methyl sites for hydroxylation is 2. The second-order valence-electron chi connectivity index (χ2n) is 3.06. The number of carboxylic acids is 1. The zero-order valence-corrected chi connectivity index (χ0v) is 9.01. The van der Waals surface area contributed by atoms with Crippen molar-refractivity contribution in [3.05, 3.63) is 16.4 Å². The average molecular weight is 217 g/mol. The van der Waals surface area contributed by atoms with Crippen LogP contribution in [0.3, 0.4) is 0 Å². The van der Waals surface area contributed by atoms with Gasteiger partial charge in [0.1, 0.15) is 0 Å². The minimum absolute atomic E-state index is 0.0881. The van der Waals surface area contributed by atoms with Crippen molar-refractivity contribution in [3.63, 3.8) is 0 Å². The van der Waals surface area contributed by atoms with Gasteiger partial charge in [0.15, 0.2) is 0 Å². The van der Waals surface area contributed by atoms with Gasteiger partial charge in [-0.15, -0.1) is 0 Å². The summed E-state index contributed by atoms with van der Waals surface area (Å²) < 4.78 is 1.75.